The minimum Gasteiger partial charge on any atom is -0.489 e. The van der Waals surface area contributed by atoms with Gasteiger partial charge in [-0.2, -0.15) is 5.26 Å². The molecule has 1 N–H and O–H groups in total. The Morgan fingerprint density at radius 3 is 2.70 bits per heavy atom. The molecule has 0 heterocycles. The van der Waals surface area contributed by atoms with Crippen LogP contribution in [0, 0.1) is 21.4 Å². The van der Waals surface area contributed by atoms with Gasteiger partial charge in [0.1, 0.15) is 11.6 Å². The highest BCUT2D eigenvalue weighted by molar-refractivity contribution is 9.10. The Morgan fingerprint density at radius 1 is 1.41 bits per heavy atom. The number of hydrogen-bond acceptors (Lipinski definition) is 5. The number of halogens is 3. The van der Waals surface area contributed by atoms with Crippen molar-refractivity contribution in [2.75, 3.05) is 12.4 Å². The lowest BCUT2D eigenvalue weighted by atomic mass is 10.1. The molecule has 10 heteroatoms. The maximum Gasteiger partial charge on any atom is 0.312 e. The van der Waals surface area contributed by atoms with Gasteiger partial charge >= 0.3 is 5.69 Å². The zero-order chi connectivity index (χ0) is 20.1. The number of rotatable bonds is 5. The van der Waals surface area contributed by atoms with Crippen LogP contribution in [-0.2, 0) is 4.79 Å². The first kappa shape index (κ1) is 20.7. The number of nitro benzene ring substituents is 1. The summed E-state index contributed by atoms with van der Waals surface area (Å²) in [6.07, 6.45) is 1.21. The molecule has 27 heavy (non-hydrogen) atoms. The maximum absolute atomic E-state index is 12.4. The Morgan fingerprint density at radius 2 is 2.11 bits per heavy atom. The van der Waals surface area contributed by atoms with Gasteiger partial charge in [0, 0.05) is 6.07 Å². The SMILES string of the molecule is COc1c(Br)cc(/C=C(/C#N)C(=O)Nc2cccc(Cl)c2Cl)cc1[N+](=O)[O-]. The van der Waals surface area contributed by atoms with E-state index in [1.165, 1.54) is 31.4 Å². The van der Waals surface area contributed by atoms with Gasteiger partial charge in [-0.3, -0.25) is 14.9 Å². The quantitative estimate of drug-likeness (QED) is 0.279. The summed E-state index contributed by atoms with van der Waals surface area (Å²) in [5.74, 6) is -0.706. The summed E-state index contributed by atoms with van der Waals surface area (Å²) in [5, 5.41) is 23.4. The van der Waals surface area contributed by atoms with E-state index in [2.05, 4.69) is 21.2 Å². The van der Waals surface area contributed by atoms with Gasteiger partial charge in [-0.25, -0.2) is 0 Å². The van der Waals surface area contributed by atoms with E-state index < -0.39 is 10.8 Å². The van der Waals surface area contributed by atoms with Crippen LogP contribution in [0.2, 0.25) is 10.0 Å². The number of nitriles is 1. The van der Waals surface area contributed by atoms with Crippen LogP contribution in [0.1, 0.15) is 5.56 Å². The second kappa shape index (κ2) is 8.86. The molecule has 2 rings (SSSR count). The minimum atomic E-state index is -0.740. The van der Waals surface area contributed by atoms with Crippen molar-refractivity contribution in [3.63, 3.8) is 0 Å². The van der Waals surface area contributed by atoms with E-state index >= 15 is 0 Å². The predicted octanol–water partition coefficient (Wildman–Crippen LogP) is 5.22. The maximum atomic E-state index is 12.4. The van der Waals surface area contributed by atoms with Crippen molar-refractivity contribution in [3.05, 3.63) is 66.1 Å². The van der Waals surface area contributed by atoms with Crippen molar-refractivity contribution >= 4 is 62.5 Å². The highest BCUT2D eigenvalue weighted by Crippen LogP contribution is 2.36. The predicted molar refractivity (Wildman–Crippen MR) is 106 cm³/mol. The van der Waals surface area contributed by atoms with Gasteiger partial charge in [-0.15, -0.1) is 0 Å². The first-order valence-electron chi connectivity index (χ1n) is 7.17. The van der Waals surface area contributed by atoms with Crippen molar-refractivity contribution in [3.8, 4) is 11.8 Å². The van der Waals surface area contributed by atoms with E-state index in [4.69, 9.17) is 27.9 Å². The van der Waals surface area contributed by atoms with E-state index in [9.17, 15) is 20.2 Å². The fraction of sp³-hybridized carbons (Fsp3) is 0.0588. The lowest BCUT2D eigenvalue weighted by molar-refractivity contribution is -0.385. The van der Waals surface area contributed by atoms with E-state index in [-0.39, 0.29) is 38.3 Å². The van der Waals surface area contributed by atoms with Gasteiger partial charge in [-0.1, -0.05) is 29.3 Å². The summed E-state index contributed by atoms with van der Waals surface area (Å²) in [6, 6.07) is 9.10. The Balaban J connectivity index is 2.41. The van der Waals surface area contributed by atoms with Crippen LogP contribution < -0.4 is 10.1 Å². The normalized spacial score (nSPS) is 10.9. The van der Waals surface area contributed by atoms with E-state index in [1.54, 1.807) is 18.2 Å². The van der Waals surface area contributed by atoms with Crippen molar-refractivity contribution in [2.45, 2.75) is 0 Å². The molecule has 7 nitrogen and oxygen atoms in total. The van der Waals surface area contributed by atoms with Crippen LogP contribution in [0.5, 0.6) is 5.75 Å². The summed E-state index contributed by atoms with van der Waals surface area (Å²) >= 11 is 15.1. The molecule has 0 saturated carbocycles. The van der Waals surface area contributed by atoms with Crippen molar-refractivity contribution in [1.82, 2.24) is 0 Å². The molecule has 0 aliphatic carbocycles. The fourth-order valence-corrected chi connectivity index (χ4v) is 3.10. The van der Waals surface area contributed by atoms with Crippen molar-refractivity contribution in [2.24, 2.45) is 0 Å². The van der Waals surface area contributed by atoms with E-state index in [0.29, 0.717) is 4.47 Å². The van der Waals surface area contributed by atoms with Crippen molar-refractivity contribution < 1.29 is 14.5 Å². The molecule has 0 aromatic heterocycles. The van der Waals surface area contributed by atoms with Crippen molar-refractivity contribution in [1.29, 1.82) is 5.26 Å². The van der Waals surface area contributed by atoms with Crippen LogP contribution >= 0.6 is 39.1 Å². The summed E-state index contributed by atoms with van der Waals surface area (Å²) in [6.45, 7) is 0. The number of ether oxygens (including phenoxy) is 1. The molecular formula is C17H10BrCl2N3O4. The lowest BCUT2D eigenvalue weighted by Crippen LogP contribution is -2.13. The number of anilines is 1. The van der Waals surface area contributed by atoms with Crippen LogP contribution in [0.25, 0.3) is 6.08 Å². The average molecular weight is 471 g/mol. The molecule has 138 valence electrons. The number of carbonyl (C=O) groups excluding carboxylic acids is 1. The zero-order valence-corrected chi connectivity index (χ0v) is 16.7. The molecule has 0 fully saturated rings. The highest BCUT2D eigenvalue weighted by atomic mass is 79.9. The molecule has 0 unspecified atom stereocenters. The fourth-order valence-electron chi connectivity index (χ4n) is 2.13. The summed E-state index contributed by atoms with van der Waals surface area (Å²) in [5.41, 5.74) is -0.0957. The second-order valence-electron chi connectivity index (χ2n) is 5.04. The topological polar surface area (TPSA) is 105 Å². The molecule has 0 saturated heterocycles. The summed E-state index contributed by atoms with van der Waals surface area (Å²) in [7, 11) is 1.30. The molecule has 2 aromatic rings. The third-order valence-corrected chi connectivity index (χ3v) is 4.73. The van der Waals surface area contributed by atoms with Crippen LogP contribution in [0.3, 0.4) is 0 Å². The summed E-state index contributed by atoms with van der Waals surface area (Å²) in [4.78, 5) is 22.9. The molecule has 0 aliphatic rings. The molecule has 1 amide bonds. The third kappa shape index (κ3) is 4.77. The highest BCUT2D eigenvalue weighted by Gasteiger charge is 2.20. The molecule has 0 spiro atoms. The number of carbonyl (C=O) groups is 1. The van der Waals surface area contributed by atoms with Gasteiger partial charge in [0.2, 0.25) is 5.75 Å². The molecule has 0 atom stereocenters. The Kier molecular flexibility index (Phi) is 6.80. The molecule has 0 aliphatic heterocycles. The smallest absolute Gasteiger partial charge is 0.312 e. The standard InChI is InChI=1S/C17H10BrCl2N3O4/c1-27-16-11(18)6-9(7-14(16)23(25)26)5-10(8-21)17(24)22-13-4-2-3-12(19)15(13)20/h2-7H,1H3,(H,22,24)/b10-5-. The van der Waals surface area contributed by atoms with E-state index in [1.807, 2.05) is 0 Å². The van der Waals surface area contributed by atoms with Gasteiger partial charge < -0.3 is 10.1 Å². The molecule has 0 radical (unpaired) electrons. The lowest BCUT2D eigenvalue weighted by Gasteiger charge is -2.08. The largest absolute Gasteiger partial charge is 0.489 e. The number of benzene rings is 2. The monoisotopic (exact) mass is 469 g/mol. The number of nitro groups is 1. The summed E-state index contributed by atoms with van der Waals surface area (Å²) < 4.78 is 5.30. The van der Waals surface area contributed by atoms with Gasteiger partial charge in [-0.05, 0) is 45.8 Å². The number of nitrogens with zero attached hydrogens (tertiary/aromatic N) is 2. The van der Waals surface area contributed by atoms with Gasteiger partial charge in [0.15, 0.2) is 0 Å². The second-order valence-corrected chi connectivity index (χ2v) is 6.68. The Labute approximate surface area is 172 Å². The molecule has 2 aromatic carbocycles. The van der Waals surface area contributed by atoms with Gasteiger partial charge in [0.25, 0.3) is 5.91 Å². The Hall–Kier alpha value is -2.60. The number of hydrogen-bond donors (Lipinski definition) is 1. The molecule has 0 bridgehead atoms. The van der Waals surface area contributed by atoms with E-state index in [0.717, 1.165) is 0 Å². The first-order chi connectivity index (χ1) is 12.8. The van der Waals surface area contributed by atoms with Gasteiger partial charge in [0.05, 0.1) is 32.2 Å². The first-order valence-corrected chi connectivity index (χ1v) is 8.72. The van der Waals surface area contributed by atoms with Crippen LogP contribution in [0.4, 0.5) is 11.4 Å². The van der Waals surface area contributed by atoms with Crippen LogP contribution in [0.15, 0.2) is 40.4 Å². The number of methoxy groups -OCH3 is 1. The zero-order valence-electron chi connectivity index (χ0n) is 13.6. The van der Waals surface area contributed by atoms with Crippen LogP contribution in [-0.4, -0.2) is 17.9 Å². The molecular weight excluding hydrogens is 461 g/mol. The number of amides is 1. The minimum absolute atomic E-state index is 0.0332. The third-order valence-electron chi connectivity index (χ3n) is 3.32. The number of nitrogens with one attached hydrogen (secondary N) is 1. The average Bonchev–Trinajstić information content (AvgIpc) is 2.62. The Bertz CT molecular complexity index is 1000.